The Morgan fingerprint density at radius 3 is 2.63 bits per heavy atom. The van der Waals surface area contributed by atoms with E-state index in [1.807, 2.05) is 9.80 Å². The standard InChI is InChI=1S/C20H30N4O3/c1-14(25)24(12-10-18-21-19(27-22-18)15-8-9-15)17-7-4-11-23(13-17)20(26)16-5-2-3-6-16/h15-17H,2-13H2,1H3. The molecular weight excluding hydrogens is 344 g/mol. The van der Waals surface area contributed by atoms with E-state index < -0.39 is 0 Å². The van der Waals surface area contributed by atoms with Crippen molar-refractivity contribution >= 4 is 11.8 Å². The van der Waals surface area contributed by atoms with Crippen molar-refractivity contribution < 1.29 is 14.1 Å². The molecule has 7 heteroatoms. The zero-order valence-corrected chi connectivity index (χ0v) is 16.2. The highest BCUT2D eigenvalue weighted by Crippen LogP contribution is 2.38. The summed E-state index contributed by atoms with van der Waals surface area (Å²) in [4.78, 5) is 33.4. The van der Waals surface area contributed by atoms with Crippen molar-refractivity contribution in [2.45, 2.75) is 76.7 Å². The highest BCUT2D eigenvalue weighted by atomic mass is 16.5. The predicted octanol–water partition coefficient (Wildman–Crippen LogP) is 2.52. The zero-order valence-electron chi connectivity index (χ0n) is 16.2. The van der Waals surface area contributed by atoms with E-state index in [2.05, 4.69) is 10.1 Å². The third-order valence-electron chi connectivity index (χ3n) is 6.24. The summed E-state index contributed by atoms with van der Waals surface area (Å²) >= 11 is 0. The molecule has 1 saturated heterocycles. The monoisotopic (exact) mass is 374 g/mol. The Bertz CT molecular complexity index is 679. The summed E-state index contributed by atoms with van der Waals surface area (Å²) in [6.07, 6.45) is 9.16. The maximum atomic E-state index is 12.8. The van der Waals surface area contributed by atoms with Gasteiger partial charge in [-0.25, -0.2) is 0 Å². The van der Waals surface area contributed by atoms with Gasteiger partial charge in [-0.1, -0.05) is 18.0 Å². The smallest absolute Gasteiger partial charge is 0.229 e. The van der Waals surface area contributed by atoms with Crippen LogP contribution in [-0.4, -0.2) is 57.4 Å². The maximum Gasteiger partial charge on any atom is 0.229 e. The number of carbonyl (C=O) groups is 2. The van der Waals surface area contributed by atoms with Crippen LogP contribution in [-0.2, 0) is 16.0 Å². The van der Waals surface area contributed by atoms with Crippen LogP contribution in [0.25, 0.3) is 0 Å². The number of aromatic nitrogens is 2. The lowest BCUT2D eigenvalue weighted by atomic mass is 10.00. The summed E-state index contributed by atoms with van der Waals surface area (Å²) in [6, 6.07) is 0.0939. The SMILES string of the molecule is CC(=O)N(CCc1noc(C2CC2)n1)C1CCCN(C(=O)C2CCCC2)C1. The van der Waals surface area contributed by atoms with Gasteiger partial charge in [0.25, 0.3) is 0 Å². The van der Waals surface area contributed by atoms with Crippen molar-refractivity contribution in [3.8, 4) is 0 Å². The Balaban J connectivity index is 1.35. The normalized spacial score (nSPS) is 23.6. The number of amides is 2. The van der Waals surface area contributed by atoms with Crippen molar-refractivity contribution in [1.29, 1.82) is 0 Å². The number of rotatable bonds is 6. The summed E-state index contributed by atoms with van der Waals surface area (Å²) in [5.74, 6) is 2.43. The zero-order chi connectivity index (χ0) is 18.8. The van der Waals surface area contributed by atoms with E-state index in [4.69, 9.17) is 4.52 Å². The summed E-state index contributed by atoms with van der Waals surface area (Å²) in [5, 5.41) is 4.06. The average molecular weight is 374 g/mol. The largest absolute Gasteiger partial charge is 0.340 e. The number of likely N-dealkylation sites (tertiary alicyclic amines) is 1. The molecule has 3 aliphatic rings. The molecule has 2 saturated carbocycles. The van der Waals surface area contributed by atoms with E-state index in [0.717, 1.165) is 51.0 Å². The minimum atomic E-state index is 0.0566. The molecule has 1 aromatic heterocycles. The fourth-order valence-corrected chi connectivity index (χ4v) is 4.52. The molecule has 2 heterocycles. The average Bonchev–Trinajstić information content (AvgIpc) is 3.18. The Morgan fingerprint density at radius 2 is 1.93 bits per heavy atom. The third kappa shape index (κ3) is 4.33. The van der Waals surface area contributed by atoms with Crippen LogP contribution < -0.4 is 0 Å². The highest BCUT2D eigenvalue weighted by molar-refractivity contribution is 5.79. The van der Waals surface area contributed by atoms with Crippen LogP contribution in [0.15, 0.2) is 4.52 Å². The van der Waals surface area contributed by atoms with Gasteiger partial charge in [0.2, 0.25) is 17.7 Å². The highest BCUT2D eigenvalue weighted by Gasteiger charge is 2.34. The molecule has 1 aliphatic heterocycles. The van der Waals surface area contributed by atoms with Gasteiger partial charge in [0.05, 0.1) is 0 Å². The first-order chi connectivity index (χ1) is 13.1. The van der Waals surface area contributed by atoms with Gasteiger partial charge in [0, 0.05) is 50.9 Å². The second-order valence-corrected chi connectivity index (χ2v) is 8.35. The molecule has 4 rings (SSSR count). The second-order valence-electron chi connectivity index (χ2n) is 8.35. The Kier molecular flexibility index (Phi) is 5.45. The molecule has 1 unspecified atom stereocenters. The van der Waals surface area contributed by atoms with Crippen molar-refractivity contribution in [3.05, 3.63) is 11.7 Å². The summed E-state index contributed by atoms with van der Waals surface area (Å²) < 4.78 is 5.31. The molecule has 0 bridgehead atoms. The molecule has 148 valence electrons. The van der Waals surface area contributed by atoms with Gasteiger partial charge >= 0.3 is 0 Å². The molecule has 2 amide bonds. The Hall–Kier alpha value is -1.92. The van der Waals surface area contributed by atoms with Crippen molar-refractivity contribution in [2.75, 3.05) is 19.6 Å². The maximum absolute atomic E-state index is 12.8. The van der Waals surface area contributed by atoms with Gasteiger partial charge in [-0.15, -0.1) is 0 Å². The van der Waals surface area contributed by atoms with Crippen molar-refractivity contribution in [2.24, 2.45) is 5.92 Å². The molecule has 3 fully saturated rings. The molecule has 2 aliphatic carbocycles. The summed E-state index contributed by atoms with van der Waals surface area (Å²) in [6.45, 7) is 3.68. The molecule has 7 nitrogen and oxygen atoms in total. The van der Waals surface area contributed by atoms with Crippen LogP contribution in [0.3, 0.4) is 0 Å². The molecular formula is C20H30N4O3. The lowest BCUT2D eigenvalue weighted by Gasteiger charge is -2.39. The van der Waals surface area contributed by atoms with Crippen LogP contribution in [0.4, 0.5) is 0 Å². The van der Waals surface area contributed by atoms with E-state index in [-0.39, 0.29) is 17.9 Å². The van der Waals surface area contributed by atoms with Crippen LogP contribution in [0.2, 0.25) is 0 Å². The molecule has 1 atom stereocenters. The molecule has 27 heavy (non-hydrogen) atoms. The van der Waals surface area contributed by atoms with Gasteiger partial charge in [0.15, 0.2) is 5.82 Å². The van der Waals surface area contributed by atoms with Gasteiger partial charge in [-0.2, -0.15) is 4.98 Å². The van der Waals surface area contributed by atoms with Crippen molar-refractivity contribution in [3.63, 3.8) is 0 Å². The van der Waals surface area contributed by atoms with Crippen molar-refractivity contribution in [1.82, 2.24) is 19.9 Å². The van der Waals surface area contributed by atoms with Crippen LogP contribution in [0, 0.1) is 5.92 Å². The van der Waals surface area contributed by atoms with Crippen LogP contribution in [0.5, 0.6) is 0 Å². The summed E-state index contributed by atoms with van der Waals surface area (Å²) in [5.41, 5.74) is 0. The first-order valence-corrected chi connectivity index (χ1v) is 10.5. The number of piperidine rings is 1. The fourth-order valence-electron chi connectivity index (χ4n) is 4.52. The van der Waals surface area contributed by atoms with Crippen LogP contribution in [0.1, 0.15) is 75.9 Å². The minimum Gasteiger partial charge on any atom is -0.340 e. The Labute approximate surface area is 160 Å². The van der Waals surface area contributed by atoms with E-state index in [9.17, 15) is 9.59 Å². The number of carbonyl (C=O) groups excluding carboxylic acids is 2. The van der Waals surface area contributed by atoms with Gasteiger partial charge in [-0.3, -0.25) is 9.59 Å². The van der Waals surface area contributed by atoms with Gasteiger partial charge in [-0.05, 0) is 38.5 Å². The predicted molar refractivity (Wildman–Crippen MR) is 98.9 cm³/mol. The molecule has 0 aromatic carbocycles. The fraction of sp³-hybridized carbons (Fsp3) is 0.800. The topological polar surface area (TPSA) is 79.5 Å². The van der Waals surface area contributed by atoms with E-state index in [1.165, 1.54) is 12.8 Å². The van der Waals surface area contributed by atoms with E-state index in [1.54, 1.807) is 6.92 Å². The minimum absolute atomic E-state index is 0.0566. The Morgan fingerprint density at radius 1 is 1.15 bits per heavy atom. The number of hydrogen-bond donors (Lipinski definition) is 0. The molecule has 0 N–H and O–H groups in total. The molecule has 0 spiro atoms. The third-order valence-corrected chi connectivity index (χ3v) is 6.24. The molecule has 1 aromatic rings. The lowest BCUT2D eigenvalue weighted by molar-refractivity contribution is -0.141. The van der Waals surface area contributed by atoms with Gasteiger partial charge < -0.3 is 14.3 Å². The number of nitrogens with zero attached hydrogens (tertiary/aromatic N) is 4. The number of hydrogen-bond acceptors (Lipinski definition) is 5. The first-order valence-electron chi connectivity index (χ1n) is 10.5. The van der Waals surface area contributed by atoms with E-state index >= 15 is 0 Å². The second kappa shape index (κ2) is 7.98. The van der Waals surface area contributed by atoms with Crippen LogP contribution >= 0.6 is 0 Å². The molecule has 0 radical (unpaired) electrons. The first kappa shape index (κ1) is 18.4. The van der Waals surface area contributed by atoms with Gasteiger partial charge in [0.1, 0.15) is 0 Å². The summed E-state index contributed by atoms with van der Waals surface area (Å²) in [7, 11) is 0. The quantitative estimate of drug-likeness (QED) is 0.764. The lowest BCUT2D eigenvalue weighted by Crippen LogP contribution is -2.52. The van der Waals surface area contributed by atoms with E-state index in [0.29, 0.717) is 37.2 Å².